The highest BCUT2D eigenvalue weighted by molar-refractivity contribution is 5.97. The van der Waals surface area contributed by atoms with Crippen LogP contribution in [-0.4, -0.2) is 11.8 Å². The highest BCUT2D eigenvalue weighted by Crippen LogP contribution is 2.08. The number of carbonyl (C=O) groups is 2. The van der Waals surface area contributed by atoms with Crippen LogP contribution in [0.2, 0.25) is 0 Å². The molecule has 0 bridgehead atoms. The topological polar surface area (TPSA) is 46.2 Å². The van der Waals surface area contributed by atoms with Crippen molar-refractivity contribution in [2.45, 2.75) is 60.8 Å². The summed E-state index contributed by atoms with van der Waals surface area (Å²) in [5, 5.41) is 2.20. The van der Waals surface area contributed by atoms with Gasteiger partial charge in [0.15, 0.2) is 0 Å². The van der Waals surface area contributed by atoms with Gasteiger partial charge >= 0.3 is 0 Å². The van der Waals surface area contributed by atoms with Crippen LogP contribution < -0.4 is 5.32 Å². The molecule has 2 amide bonds. The van der Waals surface area contributed by atoms with Crippen LogP contribution in [0.25, 0.3) is 0 Å². The fraction of sp³-hybridized carbons (Fsp3) is 0.833. The Bertz CT molecular complexity index is 172. The smallest absolute Gasteiger partial charge is 0.226 e. The fourth-order valence-corrected chi connectivity index (χ4v) is 0.690. The van der Waals surface area contributed by atoms with Gasteiger partial charge in [-0.25, -0.2) is 0 Å². The van der Waals surface area contributed by atoms with E-state index in [2.05, 4.69) is 33.0 Å². The molecule has 1 rings (SSSR count). The Labute approximate surface area is 93.6 Å². The summed E-state index contributed by atoms with van der Waals surface area (Å²) >= 11 is 0. The standard InChI is InChI=1S/C5H7NO2.C5H12.C2H6/c7-4-2-1-3-5(8)6-4;1-5(2,3)4;1-2/h1-3H2,(H,6,7,8);1-4H3;1-2H3. The molecule has 3 heteroatoms. The van der Waals surface area contributed by atoms with Gasteiger partial charge in [0.05, 0.1) is 0 Å². The zero-order valence-corrected chi connectivity index (χ0v) is 10.9. The molecule has 0 unspecified atom stereocenters. The number of nitrogens with one attached hydrogen (secondary N) is 1. The van der Waals surface area contributed by atoms with E-state index in [0.29, 0.717) is 24.7 Å². The van der Waals surface area contributed by atoms with E-state index in [1.807, 2.05) is 13.8 Å². The summed E-state index contributed by atoms with van der Waals surface area (Å²) in [6, 6.07) is 0. The van der Waals surface area contributed by atoms with Crippen molar-refractivity contribution in [2.24, 2.45) is 5.41 Å². The lowest BCUT2D eigenvalue weighted by Gasteiger charge is -2.07. The molecular weight excluding hydrogens is 190 g/mol. The van der Waals surface area contributed by atoms with Gasteiger partial charge in [-0.2, -0.15) is 0 Å². The lowest BCUT2D eigenvalue weighted by Crippen LogP contribution is -2.33. The van der Waals surface area contributed by atoms with E-state index in [1.165, 1.54) is 0 Å². The van der Waals surface area contributed by atoms with Gasteiger partial charge in [0.25, 0.3) is 0 Å². The van der Waals surface area contributed by atoms with Crippen molar-refractivity contribution < 1.29 is 9.59 Å². The minimum Gasteiger partial charge on any atom is -0.296 e. The van der Waals surface area contributed by atoms with Crippen LogP contribution in [-0.2, 0) is 9.59 Å². The predicted octanol–water partition coefficient (Wildman–Crippen LogP) is 2.89. The third kappa shape index (κ3) is 19.5. The van der Waals surface area contributed by atoms with Gasteiger partial charge in [0, 0.05) is 12.8 Å². The molecule has 1 fully saturated rings. The zero-order chi connectivity index (χ0) is 12.5. The van der Waals surface area contributed by atoms with Crippen LogP contribution >= 0.6 is 0 Å². The van der Waals surface area contributed by atoms with E-state index in [4.69, 9.17) is 0 Å². The van der Waals surface area contributed by atoms with E-state index in [-0.39, 0.29) is 11.8 Å². The molecule has 0 aromatic carbocycles. The van der Waals surface area contributed by atoms with Crippen LogP contribution in [0.5, 0.6) is 0 Å². The molecule has 0 aromatic rings. The third-order valence-electron chi connectivity index (χ3n) is 1.09. The molecule has 0 aliphatic carbocycles. The second-order valence-electron chi connectivity index (χ2n) is 4.82. The van der Waals surface area contributed by atoms with E-state index in [1.54, 1.807) is 0 Å². The number of carbonyl (C=O) groups excluding carboxylic acids is 2. The van der Waals surface area contributed by atoms with Crippen molar-refractivity contribution >= 4 is 11.8 Å². The molecule has 1 aliphatic rings. The Kier molecular flexibility index (Phi) is 9.33. The number of imide groups is 1. The van der Waals surface area contributed by atoms with Gasteiger partial charge < -0.3 is 0 Å². The second-order valence-corrected chi connectivity index (χ2v) is 4.82. The maximum atomic E-state index is 10.3. The van der Waals surface area contributed by atoms with Crippen molar-refractivity contribution in [1.29, 1.82) is 0 Å². The van der Waals surface area contributed by atoms with E-state index >= 15 is 0 Å². The van der Waals surface area contributed by atoms with Gasteiger partial charge in [0.1, 0.15) is 0 Å². The van der Waals surface area contributed by atoms with E-state index < -0.39 is 0 Å². The minimum atomic E-state index is -0.138. The first kappa shape index (κ1) is 16.6. The Morgan fingerprint density at radius 2 is 1.20 bits per heavy atom. The maximum absolute atomic E-state index is 10.3. The van der Waals surface area contributed by atoms with E-state index in [9.17, 15) is 9.59 Å². The first-order valence-electron chi connectivity index (χ1n) is 5.62. The average Bonchev–Trinajstić information content (AvgIpc) is 2.04. The van der Waals surface area contributed by atoms with Crippen molar-refractivity contribution in [3.8, 4) is 0 Å². The predicted molar refractivity (Wildman–Crippen MR) is 63.5 cm³/mol. The lowest BCUT2D eigenvalue weighted by atomic mass is 10.0. The zero-order valence-electron chi connectivity index (χ0n) is 10.9. The van der Waals surface area contributed by atoms with E-state index in [0.717, 1.165) is 0 Å². The van der Waals surface area contributed by atoms with Gasteiger partial charge in [-0.15, -0.1) is 0 Å². The van der Waals surface area contributed by atoms with Gasteiger partial charge in [-0.1, -0.05) is 41.5 Å². The molecule has 1 N–H and O–H groups in total. The maximum Gasteiger partial charge on any atom is 0.226 e. The van der Waals surface area contributed by atoms with Crippen LogP contribution in [0.1, 0.15) is 60.8 Å². The summed E-state index contributed by atoms with van der Waals surface area (Å²) in [6.07, 6.45) is 1.72. The van der Waals surface area contributed by atoms with Crippen LogP contribution in [0, 0.1) is 5.41 Å². The molecular formula is C12H25NO2. The Morgan fingerprint density at radius 1 is 0.933 bits per heavy atom. The number of hydrogen-bond acceptors (Lipinski definition) is 2. The van der Waals surface area contributed by atoms with Crippen molar-refractivity contribution in [3.63, 3.8) is 0 Å². The van der Waals surface area contributed by atoms with Crippen LogP contribution in [0.4, 0.5) is 0 Å². The normalized spacial score (nSPS) is 15.3. The average molecular weight is 215 g/mol. The quantitative estimate of drug-likeness (QED) is 0.631. The van der Waals surface area contributed by atoms with Crippen LogP contribution in [0.3, 0.4) is 0 Å². The van der Waals surface area contributed by atoms with Gasteiger partial charge in [-0.3, -0.25) is 14.9 Å². The summed E-state index contributed by atoms with van der Waals surface area (Å²) in [4.78, 5) is 20.7. The largest absolute Gasteiger partial charge is 0.296 e. The number of rotatable bonds is 0. The molecule has 0 saturated carbocycles. The summed E-state index contributed by atoms with van der Waals surface area (Å²) in [5.41, 5.74) is 0.500. The molecule has 0 atom stereocenters. The molecule has 3 nitrogen and oxygen atoms in total. The molecule has 90 valence electrons. The first-order valence-corrected chi connectivity index (χ1v) is 5.62. The van der Waals surface area contributed by atoms with Crippen molar-refractivity contribution in [2.75, 3.05) is 0 Å². The molecule has 1 saturated heterocycles. The summed E-state index contributed by atoms with van der Waals surface area (Å²) in [7, 11) is 0. The van der Waals surface area contributed by atoms with Crippen LogP contribution in [0.15, 0.2) is 0 Å². The monoisotopic (exact) mass is 215 g/mol. The summed E-state index contributed by atoms with van der Waals surface area (Å²) < 4.78 is 0. The highest BCUT2D eigenvalue weighted by Gasteiger charge is 2.12. The molecule has 0 spiro atoms. The van der Waals surface area contributed by atoms with Crippen molar-refractivity contribution in [1.82, 2.24) is 5.32 Å². The molecule has 1 heterocycles. The number of amides is 2. The minimum absolute atomic E-state index is 0.138. The number of piperidine rings is 1. The lowest BCUT2D eigenvalue weighted by molar-refractivity contribution is -0.132. The van der Waals surface area contributed by atoms with Crippen molar-refractivity contribution in [3.05, 3.63) is 0 Å². The Balaban J connectivity index is 0. The third-order valence-corrected chi connectivity index (χ3v) is 1.09. The molecule has 0 radical (unpaired) electrons. The SMILES string of the molecule is CC.CC(C)(C)C.O=C1CCCC(=O)N1. The van der Waals surface area contributed by atoms with Gasteiger partial charge in [0.2, 0.25) is 11.8 Å². The fourth-order valence-electron chi connectivity index (χ4n) is 0.690. The molecule has 15 heavy (non-hydrogen) atoms. The summed E-state index contributed by atoms with van der Waals surface area (Å²) in [5.74, 6) is -0.275. The summed E-state index contributed by atoms with van der Waals surface area (Å²) in [6.45, 7) is 12.8. The molecule has 1 aliphatic heterocycles. The van der Waals surface area contributed by atoms with Gasteiger partial charge in [-0.05, 0) is 11.8 Å². The number of hydrogen-bond donors (Lipinski definition) is 1. The highest BCUT2D eigenvalue weighted by atomic mass is 16.2. The Hall–Kier alpha value is -0.860. The first-order chi connectivity index (χ1) is 6.79. The Morgan fingerprint density at radius 3 is 1.33 bits per heavy atom. The molecule has 0 aromatic heterocycles. The second kappa shape index (κ2) is 8.45.